The van der Waals surface area contributed by atoms with E-state index in [2.05, 4.69) is 16.1 Å². The van der Waals surface area contributed by atoms with Gasteiger partial charge in [0.05, 0.1) is 12.7 Å². The SMILES string of the molecule is C=C(C)C(=O)O.Cc1cn([C@H]2C[C@H](O)[C@@H](COP(=O)(O)O)O2)c(=O)[nH]c1=O. The van der Waals surface area contributed by atoms with Gasteiger partial charge in [-0.3, -0.25) is 18.9 Å². The monoisotopic (exact) mass is 408 g/mol. The van der Waals surface area contributed by atoms with Crippen LogP contribution in [0.4, 0.5) is 0 Å². The molecule has 0 spiro atoms. The van der Waals surface area contributed by atoms with E-state index in [0.29, 0.717) is 5.56 Å². The second-order valence-electron chi connectivity index (χ2n) is 5.78. The predicted molar refractivity (Wildman–Crippen MR) is 91.0 cm³/mol. The number of aliphatic carboxylic acids is 1. The highest BCUT2D eigenvalue weighted by atomic mass is 31.2. The van der Waals surface area contributed by atoms with Crippen LogP contribution in [0.2, 0.25) is 0 Å². The lowest BCUT2D eigenvalue weighted by Gasteiger charge is -2.16. The van der Waals surface area contributed by atoms with Gasteiger partial charge in [0.1, 0.15) is 12.3 Å². The van der Waals surface area contributed by atoms with E-state index in [1.165, 1.54) is 20.0 Å². The van der Waals surface area contributed by atoms with Crippen LogP contribution >= 0.6 is 7.82 Å². The zero-order valence-electron chi connectivity index (χ0n) is 14.6. The van der Waals surface area contributed by atoms with Crippen LogP contribution in [0.25, 0.3) is 0 Å². The molecule has 1 aromatic rings. The van der Waals surface area contributed by atoms with E-state index in [0.717, 1.165) is 4.57 Å². The minimum atomic E-state index is -4.67. The molecule has 0 aromatic carbocycles. The van der Waals surface area contributed by atoms with Gasteiger partial charge in [0.2, 0.25) is 0 Å². The van der Waals surface area contributed by atoms with Gasteiger partial charge in [-0.2, -0.15) is 0 Å². The van der Waals surface area contributed by atoms with Crippen LogP contribution < -0.4 is 11.2 Å². The number of phosphoric ester groups is 1. The molecule has 3 atom stereocenters. The second kappa shape index (κ2) is 9.22. The lowest BCUT2D eigenvalue weighted by atomic mass is 10.2. The zero-order chi connectivity index (χ0) is 20.9. The number of carbonyl (C=O) groups is 1. The standard InChI is InChI=1S/C10H15N2O8P.C4H6O2/c1-5-3-12(10(15)11-9(5)14)8-2-6(13)7(20-8)4-19-21(16,17)18;1-3(2)4(5)6/h3,6-8,13H,2,4H2,1H3,(H,11,14,15)(H2,16,17,18);1H2,2H3,(H,5,6)/t6-,7+,8+;/m0./s1. The lowest BCUT2D eigenvalue weighted by molar-refractivity contribution is -0.132. The van der Waals surface area contributed by atoms with Gasteiger partial charge in [-0.1, -0.05) is 6.58 Å². The third kappa shape index (κ3) is 7.21. The van der Waals surface area contributed by atoms with E-state index < -0.39 is 50.1 Å². The number of aromatic nitrogens is 2. The van der Waals surface area contributed by atoms with Crippen molar-refractivity contribution in [2.24, 2.45) is 0 Å². The number of carboxylic acid groups (broad SMARTS) is 1. The number of hydrogen-bond donors (Lipinski definition) is 5. The maximum atomic E-state index is 11.7. The Morgan fingerprint density at radius 3 is 2.52 bits per heavy atom. The number of aliphatic hydroxyl groups excluding tert-OH is 1. The maximum Gasteiger partial charge on any atom is 0.469 e. The van der Waals surface area contributed by atoms with E-state index in [9.17, 15) is 24.1 Å². The summed E-state index contributed by atoms with van der Waals surface area (Å²) >= 11 is 0. The molecule has 1 aliphatic heterocycles. The molecule has 12 nitrogen and oxygen atoms in total. The molecule has 5 N–H and O–H groups in total. The van der Waals surface area contributed by atoms with Crippen molar-refractivity contribution in [3.63, 3.8) is 0 Å². The average Bonchev–Trinajstić information content (AvgIpc) is 2.89. The molecule has 0 unspecified atom stereocenters. The van der Waals surface area contributed by atoms with E-state index in [1.54, 1.807) is 0 Å². The first kappa shape index (κ1) is 23.0. The van der Waals surface area contributed by atoms with Crippen LogP contribution in [0.1, 0.15) is 25.1 Å². The molecular formula is C14H21N2O10P. The molecule has 2 heterocycles. The number of rotatable bonds is 5. The van der Waals surface area contributed by atoms with Gasteiger partial charge >= 0.3 is 19.5 Å². The number of carboxylic acids is 1. The van der Waals surface area contributed by atoms with Gasteiger partial charge in [-0.15, -0.1) is 0 Å². The number of H-pyrrole nitrogens is 1. The lowest BCUT2D eigenvalue weighted by Crippen LogP contribution is -2.33. The van der Waals surface area contributed by atoms with Crippen molar-refractivity contribution in [1.82, 2.24) is 9.55 Å². The normalized spacial score (nSPS) is 22.0. The average molecular weight is 408 g/mol. The van der Waals surface area contributed by atoms with Gasteiger partial charge in [0.25, 0.3) is 5.56 Å². The number of phosphoric acid groups is 1. The van der Waals surface area contributed by atoms with Gasteiger partial charge in [0, 0.05) is 23.8 Å². The zero-order valence-corrected chi connectivity index (χ0v) is 15.5. The first-order chi connectivity index (χ1) is 12.3. The summed E-state index contributed by atoms with van der Waals surface area (Å²) in [5.41, 5.74) is -0.742. The van der Waals surface area contributed by atoms with E-state index >= 15 is 0 Å². The number of aliphatic hydroxyl groups is 1. The Morgan fingerprint density at radius 1 is 1.48 bits per heavy atom. The Bertz CT molecular complexity index is 842. The smallest absolute Gasteiger partial charge is 0.469 e. The maximum absolute atomic E-state index is 11.7. The predicted octanol–water partition coefficient (Wildman–Crippen LogP) is -0.750. The molecule has 0 aliphatic carbocycles. The summed E-state index contributed by atoms with van der Waals surface area (Å²) in [4.78, 5) is 51.9. The molecule has 27 heavy (non-hydrogen) atoms. The minimum absolute atomic E-state index is 0.0283. The van der Waals surface area contributed by atoms with Gasteiger partial charge in [-0.05, 0) is 13.8 Å². The van der Waals surface area contributed by atoms with Crippen molar-refractivity contribution < 1.29 is 38.6 Å². The van der Waals surface area contributed by atoms with Crippen LogP contribution in [0.3, 0.4) is 0 Å². The van der Waals surface area contributed by atoms with Crippen LogP contribution in [-0.4, -0.2) is 54.3 Å². The summed E-state index contributed by atoms with van der Waals surface area (Å²) in [5.74, 6) is -0.935. The van der Waals surface area contributed by atoms with Crippen molar-refractivity contribution in [3.8, 4) is 0 Å². The van der Waals surface area contributed by atoms with Crippen molar-refractivity contribution in [2.75, 3.05) is 6.61 Å². The molecule has 0 saturated carbocycles. The molecule has 152 valence electrons. The molecule has 0 radical (unpaired) electrons. The Hall–Kier alpha value is -2.08. The molecular weight excluding hydrogens is 387 g/mol. The van der Waals surface area contributed by atoms with E-state index in [4.69, 9.17) is 19.6 Å². The van der Waals surface area contributed by atoms with Crippen LogP contribution in [0.5, 0.6) is 0 Å². The van der Waals surface area contributed by atoms with E-state index in [1.807, 2.05) is 0 Å². The molecule has 1 aromatic heterocycles. The van der Waals surface area contributed by atoms with Gasteiger partial charge in [0.15, 0.2) is 0 Å². The quantitative estimate of drug-likeness (QED) is 0.306. The summed E-state index contributed by atoms with van der Waals surface area (Å²) in [6.45, 7) is 5.60. The van der Waals surface area contributed by atoms with E-state index in [-0.39, 0.29) is 12.0 Å². The molecule has 2 rings (SSSR count). The second-order valence-corrected chi connectivity index (χ2v) is 7.02. The fourth-order valence-corrected chi connectivity index (χ4v) is 2.35. The third-order valence-corrected chi connectivity index (χ3v) is 3.92. The molecule has 1 fully saturated rings. The minimum Gasteiger partial charge on any atom is -0.478 e. The summed E-state index contributed by atoms with van der Waals surface area (Å²) in [6.07, 6.45) is -1.57. The number of aryl methyl sites for hydroxylation is 1. The van der Waals surface area contributed by atoms with Crippen molar-refractivity contribution in [1.29, 1.82) is 0 Å². The number of nitrogens with zero attached hydrogens (tertiary/aromatic N) is 1. The van der Waals surface area contributed by atoms with Crippen molar-refractivity contribution in [2.45, 2.75) is 38.7 Å². The Balaban J connectivity index is 0.000000527. The Kier molecular flexibility index (Phi) is 7.84. The summed E-state index contributed by atoms with van der Waals surface area (Å²) < 4.78 is 21.4. The first-order valence-electron chi connectivity index (χ1n) is 7.56. The molecule has 1 aliphatic rings. The van der Waals surface area contributed by atoms with Gasteiger partial charge < -0.3 is 24.7 Å². The number of aromatic amines is 1. The first-order valence-corrected chi connectivity index (χ1v) is 9.09. The summed E-state index contributed by atoms with van der Waals surface area (Å²) in [7, 11) is -4.67. The molecule has 0 bridgehead atoms. The molecule has 1 saturated heterocycles. The highest BCUT2D eigenvalue weighted by Crippen LogP contribution is 2.38. The third-order valence-electron chi connectivity index (χ3n) is 3.43. The van der Waals surface area contributed by atoms with Crippen molar-refractivity contribution >= 4 is 13.8 Å². The van der Waals surface area contributed by atoms with Crippen molar-refractivity contribution in [3.05, 3.63) is 44.8 Å². The fourth-order valence-electron chi connectivity index (χ4n) is 2.01. The largest absolute Gasteiger partial charge is 0.478 e. The topological polar surface area (TPSA) is 188 Å². The molecule has 0 amide bonds. The highest BCUT2D eigenvalue weighted by Gasteiger charge is 2.37. The van der Waals surface area contributed by atoms with Gasteiger partial charge in [-0.25, -0.2) is 14.2 Å². The Morgan fingerprint density at radius 2 is 2.04 bits per heavy atom. The fraction of sp³-hybridized carbons (Fsp3) is 0.500. The number of hydrogen-bond acceptors (Lipinski definition) is 7. The summed E-state index contributed by atoms with van der Waals surface area (Å²) in [5, 5.41) is 17.7. The number of nitrogens with one attached hydrogen (secondary N) is 1. The van der Waals surface area contributed by atoms with Crippen LogP contribution in [-0.2, 0) is 18.6 Å². The summed E-state index contributed by atoms with van der Waals surface area (Å²) in [6, 6.07) is 0. The highest BCUT2D eigenvalue weighted by molar-refractivity contribution is 7.46. The molecule has 13 heteroatoms. The number of ether oxygens (including phenoxy) is 1. The van der Waals surface area contributed by atoms with Crippen LogP contribution in [0.15, 0.2) is 27.9 Å². The van der Waals surface area contributed by atoms with Crippen LogP contribution in [0, 0.1) is 6.92 Å². The Labute approximate surface area is 152 Å².